The standard InChI is InChI=1S/C24H25N7/c1-19(20-9-11-23(12-10-20)31-18-26-17-27-31)29(2)15-22-16-30(14-6-13-25)28-24(22)21-7-4-3-5-8-21/h3-5,7-12,16-19H,6,14-15H2,1-2H3. The van der Waals surface area contributed by atoms with E-state index in [1.165, 1.54) is 11.9 Å². The highest BCUT2D eigenvalue weighted by atomic mass is 15.3. The summed E-state index contributed by atoms with van der Waals surface area (Å²) in [7, 11) is 2.12. The summed E-state index contributed by atoms with van der Waals surface area (Å²) in [5.74, 6) is 0. The first kappa shape index (κ1) is 20.5. The summed E-state index contributed by atoms with van der Waals surface area (Å²) in [6.07, 6.45) is 5.74. The third-order valence-electron chi connectivity index (χ3n) is 5.48. The molecule has 156 valence electrons. The van der Waals surface area contributed by atoms with E-state index in [1.54, 1.807) is 11.0 Å². The van der Waals surface area contributed by atoms with E-state index in [2.05, 4.69) is 77.6 Å². The van der Waals surface area contributed by atoms with Gasteiger partial charge in [-0.15, -0.1) is 0 Å². The van der Waals surface area contributed by atoms with Gasteiger partial charge < -0.3 is 0 Å². The van der Waals surface area contributed by atoms with Crippen LogP contribution in [-0.2, 0) is 13.1 Å². The van der Waals surface area contributed by atoms with Crippen LogP contribution in [0, 0.1) is 11.3 Å². The Balaban J connectivity index is 1.53. The molecule has 7 heteroatoms. The minimum Gasteiger partial charge on any atom is -0.295 e. The monoisotopic (exact) mass is 411 g/mol. The number of nitrogens with zero attached hydrogens (tertiary/aromatic N) is 7. The molecular weight excluding hydrogens is 386 g/mol. The van der Waals surface area contributed by atoms with Crippen LogP contribution >= 0.6 is 0 Å². The van der Waals surface area contributed by atoms with Crippen LogP contribution in [0.2, 0.25) is 0 Å². The Morgan fingerprint density at radius 1 is 1.10 bits per heavy atom. The second-order valence-electron chi connectivity index (χ2n) is 7.56. The molecule has 0 aliphatic rings. The van der Waals surface area contributed by atoms with E-state index in [0.29, 0.717) is 13.0 Å². The van der Waals surface area contributed by atoms with Crippen LogP contribution < -0.4 is 0 Å². The van der Waals surface area contributed by atoms with Crippen molar-refractivity contribution in [2.45, 2.75) is 32.5 Å². The van der Waals surface area contributed by atoms with E-state index in [1.807, 2.05) is 22.9 Å². The fourth-order valence-electron chi connectivity index (χ4n) is 3.60. The lowest BCUT2D eigenvalue weighted by atomic mass is 10.0. The number of aryl methyl sites for hydroxylation is 1. The highest BCUT2D eigenvalue weighted by molar-refractivity contribution is 5.62. The molecule has 0 spiro atoms. The first-order chi connectivity index (χ1) is 15.2. The molecule has 1 unspecified atom stereocenters. The quantitative estimate of drug-likeness (QED) is 0.433. The van der Waals surface area contributed by atoms with Gasteiger partial charge in [-0.2, -0.15) is 15.5 Å². The lowest BCUT2D eigenvalue weighted by molar-refractivity contribution is 0.253. The zero-order valence-electron chi connectivity index (χ0n) is 17.8. The number of hydrogen-bond donors (Lipinski definition) is 0. The van der Waals surface area contributed by atoms with E-state index in [0.717, 1.165) is 29.1 Å². The van der Waals surface area contributed by atoms with Gasteiger partial charge in [0.1, 0.15) is 12.7 Å². The molecule has 0 bridgehead atoms. The minimum atomic E-state index is 0.218. The van der Waals surface area contributed by atoms with Crippen LogP contribution in [0.25, 0.3) is 16.9 Å². The van der Waals surface area contributed by atoms with Crippen LogP contribution in [0.15, 0.2) is 73.4 Å². The topological polar surface area (TPSA) is 75.6 Å². The average molecular weight is 412 g/mol. The maximum absolute atomic E-state index is 8.94. The van der Waals surface area contributed by atoms with Crippen LogP contribution in [0.3, 0.4) is 0 Å². The third kappa shape index (κ3) is 4.71. The Labute approximate surface area is 182 Å². The van der Waals surface area contributed by atoms with Crippen molar-refractivity contribution in [1.29, 1.82) is 5.26 Å². The first-order valence-corrected chi connectivity index (χ1v) is 10.3. The van der Waals surface area contributed by atoms with Gasteiger partial charge in [0, 0.05) is 29.9 Å². The summed E-state index contributed by atoms with van der Waals surface area (Å²) in [6, 6.07) is 21.0. The Kier molecular flexibility index (Phi) is 6.20. The van der Waals surface area contributed by atoms with E-state index >= 15 is 0 Å². The minimum absolute atomic E-state index is 0.218. The molecule has 0 saturated carbocycles. The second kappa shape index (κ2) is 9.37. The predicted octanol–water partition coefficient (Wildman–Crippen LogP) is 4.24. The second-order valence-corrected chi connectivity index (χ2v) is 7.56. The fourth-order valence-corrected chi connectivity index (χ4v) is 3.60. The van der Waals surface area contributed by atoms with E-state index in [4.69, 9.17) is 10.4 Å². The molecule has 2 heterocycles. The Morgan fingerprint density at radius 2 is 1.87 bits per heavy atom. The highest BCUT2D eigenvalue weighted by Crippen LogP contribution is 2.27. The summed E-state index contributed by atoms with van der Waals surface area (Å²) < 4.78 is 3.63. The largest absolute Gasteiger partial charge is 0.295 e. The molecule has 4 aromatic rings. The van der Waals surface area contributed by atoms with Gasteiger partial charge in [-0.1, -0.05) is 42.5 Å². The summed E-state index contributed by atoms with van der Waals surface area (Å²) in [5.41, 5.74) is 5.43. The maximum Gasteiger partial charge on any atom is 0.138 e. The van der Waals surface area contributed by atoms with Gasteiger partial charge in [-0.3, -0.25) is 9.58 Å². The van der Waals surface area contributed by atoms with E-state index in [9.17, 15) is 0 Å². The SMILES string of the molecule is CC(c1ccc(-n2cncn2)cc1)N(C)Cc1cn(CCC#N)nc1-c1ccccc1. The number of benzene rings is 2. The zero-order chi connectivity index (χ0) is 21.6. The Bertz CT molecular complexity index is 1140. The van der Waals surface area contributed by atoms with Gasteiger partial charge in [-0.25, -0.2) is 9.67 Å². The van der Waals surface area contributed by atoms with Crippen molar-refractivity contribution in [3.8, 4) is 23.0 Å². The van der Waals surface area contributed by atoms with Crippen LogP contribution in [0.5, 0.6) is 0 Å². The lowest BCUT2D eigenvalue weighted by Crippen LogP contribution is -2.22. The fraction of sp³-hybridized carbons (Fsp3) is 0.250. The molecule has 0 aliphatic carbocycles. The molecule has 0 radical (unpaired) electrons. The number of nitriles is 1. The number of rotatable bonds is 8. The van der Waals surface area contributed by atoms with E-state index < -0.39 is 0 Å². The lowest BCUT2D eigenvalue weighted by Gasteiger charge is -2.25. The first-order valence-electron chi connectivity index (χ1n) is 10.3. The maximum atomic E-state index is 8.94. The third-order valence-corrected chi connectivity index (χ3v) is 5.48. The van der Waals surface area contributed by atoms with Crippen LogP contribution in [0.4, 0.5) is 0 Å². The van der Waals surface area contributed by atoms with Crippen molar-refractivity contribution in [3.05, 3.63) is 84.6 Å². The van der Waals surface area contributed by atoms with Gasteiger partial charge in [0.2, 0.25) is 0 Å². The molecule has 0 saturated heterocycles. The summed E-state index contributed by atoms with van der Waals surface area (Å²) in [5, 5.41) is 17.9. The van der Waals surface area contributed by atoms with Crippen molar-refractivity contribution in [1.82, 2.24) is 29.4 Å². The molecule has 0 aliphatic heterocycles. The molecule has 7 nitrogen and oxygen atoms in total. The summed E-state index contributed by atoms with van der Waals surface area (Å²) in [6.45, 7) is 3.55. The van der Waals surface area contributed by atoms with Crippen LogP contribution in [-0.4, -0.2) is 36.5 Å². The zero-order valence-corrected chi connectivity index (χ0v) is 17.8. The Hall–Kier alpha value is -3.76. The highest BCUT2D eigenvalue weighted by Gasteiger charge is 2.17. The van der Waals surface area contributed by atoms with Crippen LogP contribution in [0.1, 0.15) is 30.5 Å². The van der Waals surface area contributed by atoms with Gasteiger partial charge in [0.05, 0.1) is 30.4 Å². The number of aromatic nitrogens is 5. The van der Waals surface area contributed by atoms with E-state index in [-0.39, 0.29) is 6.04 Å². The molecule has 2 aromatic carbocycles. The smallest absolute Gasteiger partial charge is 0.138 e. The average Bonchev–Trinajstić information content (AvgIpc) is 3.48. The van der Waals surface area contributed by atoms with Crippen molar-refractivity contribution in [3.63, 3.8) is 0 Å². The molecule has 2 aromatic heterocycles. The normalized spacial score (nSPS) is 12.1. The molecule has 0 N–H and O–H groups in total. The molecule has 4 rings (SSSR count). The number of hydrogen-bond acceptors (Lipinski definition) is 5. The molecule has 0 fully saturated rings. The van der Waals surface area contributed by atoms with Crippen molar-refractivity contribution in [2.24, 2.45) is 0 Å². The molecule has 0 amide bonds. The predicted molar refractivity (Wildman–Crippen MR) is 119 cm³/mol. The summed E-state index contributed by atoms with van der Waals surface area (Å²) in [4.78, 5) is 6.31. The van der Waals surface area contributed by atoms with Gasteiger partial charge in [-0.05, 0) is 31.7 Å². The summed E-state index contributed by atoms with van der Waals surface area (Å²) >= 11 is 0. The van der Waals surface area contributed by atoms with Crippen molar-refractivity contribution in [2.75, 3.05) is 7.05 Å². The molecule has 31 heavy (non-hydrogen) atoms. The molecule has 1 atom stereocenters. The molecular formula is C24H25N7. The van der Waals surface area contributed by atoms with Crippen molar-refractivity contribution >= 4 is 0 Å². The van der Waals surface area contributed by atoms with Gasteiger partial charge >= 0.3 is 0 Å². The van der Waals surface area contributed by atoms with Crippen molar-refractivity contribution < 1.29 is 0 Å². The van der Waals surface area contributed by atoms with Gasteiger partial charge in [0.15, 0.2) is 0 Å². The van der Waals surface area contributed by atoms with Gasteiger partial charge in [0.25, 0.3) is 0 Å². The Morgan fingerprint density at radius 3 is 2.55 bits per heavy atom.